The van der Waals surface area contributed by atoms with Crippen molar-refractivity contribution in [1.29, 1.82) is 0 Å². The van der Waals surface area contributed by atoms with Crippen LogP contribution in [0.25, 0.3) is 0 Å². The van der Waals surface area contributed by atoms with Crippen molar-refractivity contribution < 1.29 is 18.7 Å². The highest BCUT2D eigenvalue weighted by molar-refractivity contribution is 5.75. The van der Waals surface area contributed by atoms with E-state index in [1.165, 1.54) is 6.07 Å². The van der Waals surface area contributed by atoms with Crippen LogP contribution in [0.1, 0.15) is 32.8 Å². The number of carbonyl (C=O) groups excluding carboxylic acids is 1. The maximum Gasteiger partial charge on any atom is 0.323 e. The van der Waals surface area contributed by atoms with Gasteiger partial charge in [-0.2, -0.15) is 0 Å². The molecule has 0 radical (unpaired) electrons. The first-order valence-electron chi connectivity index (χ1n) is 7.25. The summed E-state index contributed by atoms with van der Waals surface area (Å²) in [5, 5.41) is 3.16. The highest BCUT2D eigenvalue weighted by Crippen LogP contribution is 2.16. The molecule has 1 N–H and O–H groups in total. The number of nitrogens with one attached hydrogen (secondary N) is 1. The predicted octanol–water partition coefficient (Wildman–Crippen LogP) is 2.83. The molecule has 0 fully saturated rings. The Morgan fingerprint density at radius 2 is 2.10 bits per heavy atom. The van der Waals surface area contributed by atoms with E-state index in [1.54, 1.807) is 26.0 Å². The smallest absolute Gasteiger partial charge is 0.323 e. The van der Waals surface area contributed by atoms with E-state index in [9.17, 15) is 9.18 Å². The van der Waals surface area contributed by atoms with Crippen molar-refractivity contribution in [3.05, 3.63) is 29.6 Å². The summed E-state index contributed by atoms with van der Waals surface area (Å²) in [5.74, 6) is 0.0689. The third-order valence-electron chi connectivity index (χ3n) is 2.91. The van der Waals surface area contributed by atoms with Crippen LogP contribution in [0.15, 0.2) is 18.2 Å². The molecule has 0 saturated carbocycles. The number of carbonyl (C=O) groups is 1. The lowest BCUT2D eigenvalue weighted by Crippen LogP contribution is -2.42. The number of halogens is 1. The summed E-state index contributed by atoms with van der Waals surface area (Å²) in [7, 11) is 0. The number of hydrogen-bond acceptors (Lipinski definition) is 4. The van der Waals surface area contributed by atoms with Crippen LogP contribution in [0.3, 0.4) is 0 Å². The van der Waals surface area contributed by atoms with Gasteiger partial charge in [0.15, 0.2) is 0 Å². The molecule has 0 amide bonds. The van der Waals surface area contributed by atoms with Gasteiger partial charge in [0, 0.05) is 12.5 Å². The number of hydrogen-bond donors (Lipinski definition) is 1. The molecule has 0 heterocycles. The Kier molecular flexibility index (Phi) is 7.15. The monoisotopic (exact) mass is 297 g/mol. The molecule has 0 aliphatic rings. The Morgan fingerprint density at radius 3 is 2.67 bits per heavy atom. The Morgan fingerprint density at radius 1 is 1.38 bits per heavy atom. The van der Waals surface area contributed by atoms with Crippen molar-refractivity contribution in [3.63, 3.8) is 0 Å². The highest BCUT2D eigenvalue weighted by Gasteiger charge is 2.20. The fourth-order valence-corrected chi connectivity index (χ4v) is 1.92. The SMILES string of the molecule is CCOC(=O)C(CCOc1ccc(F)c(C)c1)NC(C)C. The fourth-order valence-electron chi connectivity index (χ4n) is 1.92. The summed E-state index contributed by atoms with van der Waals surface area (Å²) in [4.78, 5) is 11.8. The van der Waals surface area contributed by atoms with Crippen molar-refractivity contribution >= 4 is 5.97 Å². The number of benzene rings is 1. The molecule has 0 saturated heterocycles. The van der Waals surface area contributed by atoms with E-state index in [1.807, 2.05) is 13.8 Å². The summed E-state index contributed by atoms with van der Waals surface area (Å²) in [6.07, 6.45) is 0.493. The van der Waals surface area contributed by atoms with Gasteiger partial charge in [-0.05, 0) is 37.6 Å². The molecule has 0 bridgehead atoms. The minimum absolute atomic E-state index is 0.174. The second-order valence-corrected chi connectivity index (χ2v) is 5.17. The largest absolute Gasteiger partial charge is 0.494 e. The van der Waals surface area contributed by atoms with Crippen LogP contribution < -0.4 is 10.1 Å². The van der Waals surface area contributed by atoms with E-state index >= 15 is 0 Å². The van der Waals surface area contributed by atoms with Crippen LogP contribution in [-0.2, 0) is 9.53 Å². The summed E-state index contributed by atoms with van der Waals surface area (Å²) in [6.45, 7) is 8.11. The molecule has 0 aliphatic carbocycles. The van der Waals surface area contributed by atoms with Gasteiger partial charge in [0.1, 0.15) is 17.6 Å². The van der Waals surface area contributed by atoms with Crippen molar-refractivity contribution in [1.82, 2.24) is 5.32 Å². The minimum atomic E-state index is -0.397. The summed E-state index contributed by atoms with van der Waals surface area (Å²) >= 11 is 0. The highest BCUT2D eigenvalue weighted by atomic mass is 19.1. The van der Waals surface area contributed by atoms with E-state index in [4.69, 9.17) is 9.47 Å². The van der Waals surface area contributed by atoms with Crippen molar-refractivity contribution in [2.24, 2.45) is 0 Å². The maximum absolute atomic E-state index is 13.2. The standard InChI is InChI=1S/C16H24FNO3/c1-5-20-16(19)15(18-11(2)3)8-9-21-13-6-7-14(17)12(4)10-13/h6-7,10-11,15,18H,5,8-9H2,1-4H3. The zero-order chi connectivity index (χ0) is 15.8. The normalized spacial score (nSPS) is 12.3. The van der Waals surface area contributed by atoms with Crippen LogP contribution in [0.2, 0.25) is 0 Å². The molecule has 21 heavy (non-hydrogen) atoms. The lowest BCUT2D eigenvalue weighted by atomic mass is 10.2. The predicted molar refractivity (Wildman–Crippen MR) is 79.9 cm³/mol. The molecule has 0 aromatic heterocycles. The third-order valence-corrected chi connectivity index (χ3v) is 2.91. The molecule has 118 valence electrons. The average Bonchev–Trinajstić information content (AvgIpc) is 2.41. The van der Waals surface area contributed by atoms with E-state index in [2.05, 4.69) is 5.32 Å². The van der Waals surface area contributed by atoms with E-state index in [0.717, 1.165) is 0 Å². The molecular weight excluding hydrogens is 273 g/mol. The second-order valence-electron chi connectivity index (χ2n) is 5.17. The molecule has 5 heteroatoms. The summed E-state index contributed by atoms with van der Waals surface area (Å²) < 4.78 is 23.8. The molecule has 1 unspecified atom stereocenters. The van der Waals surface area contributed by atoms with Crippen LogP contribution >= 0.6 is 0 Å². The quantitative estimate of drug-likeness (QED) is 0.750. The van der Waals surface area contributed by atoms with Gasteiger partial charge in [-0.15, -0.1) is 0 Å². The summed E-state index contributed by atoms with van der Waals surface area (Å²) in [5.41, 5.74) is 0.537. The van der Waals surface area contributed by atoms with Gasteiger partial charge in [0.25, 0.3) is 0 Å². The van der Waals surface area contributed by atoms with Gasteiger partial charge >= 0.3 is 5.97 Å². The fraction of sp³-hybridized carbons (Fsp3) is 0.562. The number of aryl methyl sites for hydroxylation is 1. The van der Waals surface area contributed by atoms with Crippen molar-refractivity contribution in [3.8, 4) is 5.75 Å². The van der Waals surface area contributed by atoms with E-state index < -0.39 is 6.04 Å². The Labute approximate surface area is 125 Å². The maximum atomic E-state index is 13.2. The third kappa shape index (κ3) is 6.12. The Balaban J connectivity index is 2.52. The molecular formula is C16H24FNO3. The lowest BCUT2D eigenvalue weighted by Gasteiger charge is -2.19. The molecule has 4 nitrogen and oxygen atoms in total. The second kappa shape index (κ2) is 8.62. The van der Waals surface area contributed by atoms with Crippen LogP contribution in [0.5, 0.6) is 5.75 Å². The van der Waals surface area contributed by atoms with Crippen LogP contribution in [0.4, 0.5) is 4.39 Å². The molecule has 1 aromatic carbocycles. The van der Waals surface area contributed by atoms with Crippen molar-refractivity contribution in [2.45, 2.75) is 46.2 Å². The van der Waals surface area contributed by atoms with Crippen LogP contribution in [-0.4, -0.2) is 31.3 Å². The van der Waals surface area contributed by atoms with Crippen LogP contribution in [0, 0.1) is 12.7 Å². The summed E-state index contributed by atoms with van der Waals surface area (Å²) in [6, 6.07) is 4.38. The Bertz CT molecular complexity index is 463. The van der Waals surface area contributed by atoms with E-state index in [0.29, 0.717) is 30.9 Å². The number of esters is 1. The first kappa shape index (κ1) is 17.4. The first-order chi connectivity index (χ1) is 9.93. The van der Waals surface area contributed by atoms with Gasteiger partial charge in [-0.3, -0.25) is 4.79 Å². The zero-order valence-electron chi connectivity index (χ0n) is 13.1. The Hall–Kier alpha value is -1.62. The number of ether oxygens (including phenoxy) is 2. The van der Waals surface area contributed by atoms with Gasteiger partial charge in [-0.1, -0.05) is 13.8 Å². The zero-order valence-corrected chi connectivity index (χ0v) is 13.1. The van der Waals surface area contributed by atoms with Gasteiger partial charge in [0.2, 0.25) is 0 Å². The molecule has 1 rings (SSSR count). The van der Waals surface area contributed by atoms with Crippen molar-refractivity contribution in [2.75, 3.05) is 13.2 Å². The molecule has 0 aliphatic heterocycles. The van der Waals surface area contributed by atoms with Gasteiger partial charge < -0.3 is 14.8 Å². The molecule has 1 aromatic rings. The number of rotatable bonds is 8. The molecule has 0 spiro atoms. The van der Waals surface area contributed by atoms with Gasteiger partial charge in [-0.25, -0.2) is 4.39 Å². The minimum Gasteiger partial charge on any atom is -0.494 e. The molecule has 1 atom stereocenters. The van der Waals surface area contributed by atoms with E-state index in [-0.39, 0.29) is 17.8 Å². The first-order valence-corrected chi connectivity index (χ1v) is 7.25. The van der Waals surface area contributed by atoms with Gasteiger partial charge in [0.05, 0.1) is 13.2 Å². The average molecular weight is 297 g/mol. The topological polar surface area (TPSA) is 47.6 Å². The lowest BCUT2D eigenvalue weighted by molar-refractivity contribution is -0.146.